The molecular weight excluding hydrogens is 2040 g/mol. The van der Waals surface area contributed by atoms with Crippen LogP contribution in [0.1, 0.15) is 0 Å². The minimum atomic E-state index is 0.639. The zero-order valence-electron chi connectivity index (χ0n) is 75.5. The van der Waals surface area contributed by atoms with Crippen LogP contribution in [0.25, 0.3) is 237 Å². The van der Waals surface area contributed by atoms with Crippen LogP contribution in [0.15, 0.2) is 504 Å². The number of hydrogen-bond donors (Lipinski definition) is 2. The number of rotatable bonds is 9. The number of nitrogens with one attached hydrogen (secondary N) is 1. The molecule has 0 unspecified atom stereocenters. The monoisotopic (exact) mass is 2120 g/mol. The fraction of sp³-hybridized carbons (Fsp3) is 0. The SMILES string of the molecule is Brc1cc(-c2ccccc2)c2oc3ccccc3c2c1.Brc1cc(I)c2oc3ccccc3c2c1.Brc1ccc2oc3ccccc3c2c1.O[B]Oc1ccccc1.c1ccc(-c2cc(-n3c4ccccc4c4cc(-c5ccc6c(c5)c5ccccc5n6-c5ccccc5)ccc43)cc3c2oc2ccccc23)cc1.c1ccc(-n2c3ccccc3c3cc(-c4ccc5[nH]c6ccccc6c5c4)ccc32)cc1. The molecule has 29 aromatic rings. The lowest BCUT2D eigenvalue weighted by molar-refractivity contribution is 0.454. The predicted octanol–water partition coefficient (Wildman–Crippen LogP) is 37.1. The molecule has 0 aliphatic heterocycles. The minimum absolute atomic E-state index is 0.639. The Morgan fingerprint density at radius 3 is 1.04 bits per heavy atom. The zero-order chi connectivity index (χ0) is 94.5. The number of fused-ring (bicyclic) bond motifs is 24. The number of aromatic nitrogens is 4. The largest absolute Gasteiger partial charge is 0.569 e. The number of hydrogen-bond acceptors (Lipinski definition) is 6. The second kappa shape index (κ2) is 38.1. The van der Waals surface area contributed by atoms with E-state index in [-0.39, 0.29) is 0 Å². The van der Waals surface area contributed by atoms with E-state index in [1.807, 2.05) is 109 Å². The van der Waals surface area contributed by atoms with Gasteiger partial charge >= 0.3 is 7.69 Å². The molecule has 0 fully saturated rings. The molecule has 0 saturated heterocycles. The van der Waals surface area contributed by atoms with Crippen LogP contribution in [0.5, 0.6) is 5.75 Å². The Balaban J connectivity index is 0.000000101. The first-order chi connectivity index (χ1) is 69.5. The van der Waals surface area contributed by atoms with E-state index in [1.165, 1.54) is 137 Å². The van der Waals surface area contributed by atoms with Gasteiger partial charge in [-0.15, -0.1) is 0 Å². The highest BCUT2D eigenvalue weighted by Crippen LogP contribution is 2.46. The number of H-pyrrole nitrogens is 1. The van der Waals surface area contributed by atoms with Gasteiger partial charge in [0.05, 0.1) is 42.4 Å². The lowest BCUT2D eigenvalue weighted by Crippen LogP contribution is -1.98. The summed E-state index contributed by atoms with van der Waals surface area (Å²) in [5, 5.41) is 27.5. The van der Waals surface area contributed by atoms with Crippen molar-refractivity contribution in [3.63, 3.8) is 0 Å². The van der Waals surface area contributed by atoms with Gasteiger partial charge < -0.3 is 46.0 Å². The molecular formula is C126H80BBr3IN4O6. The molecule has 21 aromatic carbocycles. The topological polar surface area (TPSA) is 113 Å². The summed E-state index contributed by atoms with van der Waals surface area (Å²) in [4.78, 5) is 3.53. The Labute approximate surface area is 849 Å². The van der Waals surface area contributed by atoms with Crippen molar-refractivity contribution in [1.29, 1.82) is 0 Å². The first kappa shape index (κ1) is 87.8. The molecule has 1 radical (unpaired) electrons. The fourth-order valence-corrected chi connectivity index (χ4v) is 22.3. The van der Waals surface area contributed by atoms with Crippen LogP contribution >= 0.6 is 70.4 Å². The van der Waals surface area contributed by atoms with Crippen molar-refractivity contribution in [2.24, 2.45) is 0 Å². The molecule has 0 aliphatic rings. The molecule has 29 rings (SSSR count). The lowest BCUT2D eigenvalue weighted by atomic mass is 10.0. The van der Waals surface area contributed by atoms with Crippen LogP contribution in [0.4, 0.5) is 0 Å². The molecule has 0 saturated carbocycles. The quantitative estimate of drug-likeness (QED) is 0.110. The fourth-order valence-electron chi connectivity index (χ4n) is 19.9. The molecule has 0 spiro atoms. The van der Waals surface area contributed by atoms with E-state index in [2.05, 4.69) is 446 Å². The summed E-state index contributed by atoms with van der Waals surface area (Å²) >= 11 is 12.9. The number of furan rings is 4. The Kier molecular flexibility index (Phi) is 23.7. The van der Waals surface area contributed by atoms with E-state index in [4.69, 9.17) is 22.7 Å². The van der Waals surface area contributed by atoms with E-state index >= 15 is 0 Å². The van der Waals surface area contributed by atoms with Gasteiger partial charge in [-0.1, -0.05) is 333 Å². The number of aromatic amines is 1. The minimum Gasteiger partial charge on any atom is -0.537 e. The van der Waals surface area contributed by atoms with Crippen molar-refractivity contribution >= 4 is 253 Å². The van der Waals surface area contributed by atoms with Crippen molar-refractivity contribution in [3.8, 4) is 67.3 Å². The number of para-hydroxylation sites is 11. The number of nitrogens with zero attached hydrogens (tertiary/aromatic N) is 3. The summed E-state index contributed by atoms with van der Waals surface area (Å²) in [5.74, 6) is 0.639. The van der Waals surface area contributed by atoms with E-state index in [9.17, 15) is 0 Å². The van der Waals surface area contributed by atoms with Gasteiger partial charge in [0.15, 0.2) is 0 Å². The molecule has 0 amide bonds. The third-order valence-corrected chi connectivity index (χ3v) is 28.4. The highest BCUT2D eigenvalue weighted by molar-refractivity contribution is 14.1. The summed E-state index contributed by atoms with van der Waals surface area (Å²) in [6.07, 6.45) is 0. The second-order valence-electron chi connectivity index (χ2n) is 34.6. The lowest BCUT2D eigenvalue weighted by Gasteiger charge is -2.12. The third kappa shape index (κ3) is 16.7. The van der Waals surface area contributed by atoms with Gasteiger partial charge in [-0.2, -0.15) is 0 Å². The molecule has 671 valence electrons. The average molecular weight is 2120 g/mol. The van der Waals surface area contributed by atoms with E-state index in [0.29, 0.717) is 13.4 Å². The van der Waals surface area contributed by atoms with Gasteiger partial charge in [-0.3, -0.25) is 0 Å². The molecule has 8 heterocycles. The number of benzene rings is 21. The van der Waals surface area contributed by atoms with Gasteiger partial charge in [-0.05, 0) is 244 Å². The molecule has 10 nitrogen and oxygen atoms in total. The summed E-state index contributed by atoms with van der Waals surface area (Å²) in [6, 6.07) is 165. The molecule has 0 aliphatic carbocycles. The average Bonchev–Trinajstić information content (AvgIpc) is 1.58. The predicted molar refractivity (Wildman–Crippen MR) is 606 cm³/mol. The molecule has 15 heteroatoms. The van der Waals surface area contributed by atoms with Crippen molar-refractivity contribution in [1.82, 2.24) is 18.7 Å². The normalized spacial score (nSPS) is 11.4. The van der Waals surface area contributed by atoms with Gasteiger partial charge in [0.1, 0.15) is 44.7 Å². The maximum absolute atomic E-state index is 8.17. The summed E-state index contributed by atoms with van der Waals surface area (Å²) in [6.45, 7) is 0. The number of halogens is 4. The molecule has 141 heavy (non-hydrogen) atoms. The van der Waals surface area contributed by atoms with Gasteiger partial charge in [0.25, 0.3) is 0 Å². The van der Waals surface area contributed by atoms with Gasteiger partial charge in [0, 0.05) is 139 Å². The van der Waals surface area contributed by atoms with Gasteiger partial charge in [0.2, 0.25) is 0 Å². The molecule has 8 aromatic heterocycles. The highest BCUT2D eigenvalue weighted by atomic mass is 127. The van der Waals surface area contributed by atoms with E-state index in [0.717, 1.165) is 117 Å². The van der Waals surface area contributed by atoms with E-state index < -0.39 is 0 Å². The van der Waals surface area contributed by atoms with Gasteiger partial charge in [-0.25, -0.2) is 0 Å². The first-order valence-corrected chi connectivity index (χ1v) is 49.9. The maximum Gasteiger partial charge on any atom is 0.569 e. The van der Waals surface area contributed by atoms with Crippen molar-refractivity contribution in [2.75, 3.05) is 0 Å². The summed E-state index contributed by atoms with van der Waals surface area (Å²) in [7, 11) is 0.662. The molecule has 0 bridgehead atoms. The zero-order valence-corrected chi connectivity index (χ0v) is 82.4. The Bertz CT molecular complexity index is 9790. The summed E-state index contributed by atoms with van der Waals surface area (Å²) < 4.78 is 40.2. The van der Waals surface area contributed by atoms with Crippen molar-refractivity contribution in [3.05, 3.63) is 490 Å². The van der Waals surface area contributed by atoms with Crippen LogP contribution in [0.3, 0.4) is 0 Å². The Morgan fingerprint density at radius 1 is 0.227 bits per heavy atom. The van der Waals surface area contributed by atoms with Crippen LogP contribution in [-0.4, -0.2) is 31.4 Å². The van der Waals surface area contributed by atoms with Crippen LogP contribution in [0.2, 0.25) is 0 Å². The maximum atomic E-state index is 8.17. The highest BCUT2D eigenvalue weighted by Gasteiger charge is 2.23. The Morgan fingerprint density at radius 2 is 0.560 bits per heavy atom. The van der Waals surface area contributed by atoms with E-state index in [1.54, 1.807) is 12.1 Å². The van der Waals surface area contributed by atoms with Crippen molar-refractivity contribution < 1.29 is 27.3 Å². The third-order valence-electron chi connectivity index (χ3n) is 26.2. The van der Waals surface area contributed by atoms with Crippen LogP contribution < -0.4 is 4.65 Å². The van der Waals surface area contributed by atoms with Crippen LogP contribution in [-0.2, 0) is 0 Å². The smallest absolute Gasteiger partial charge is 0.537 e. The van der Waals surface area contributed by atoms with Crippen LogP contribution in [0, 0.1) is 3.57 Å². The first-order valence-electron chi connectivity index (χ1n) is 46.4. The molecule has 2 N–H and O–H groups in total. The summed E-state index contributed by atoms with van der Waals surface area (Å²) in [5.41, 5.74) is 29.9. The van der Waals surface area contributed by atoms with Crippen molar-refractivity contribution in [2.45, 2.75) is 0 Å². The molecule has 0 atom stereocenters. The second-order valence-corrected chi connectivity index (χ2v) is 38.5. The Hall–Kier alpha value is -16.0. The standard InChI is InChI=1S/C48H30N2O.C30H20N2.C18H11BrO.C12H6BrIO.C12H7BrO.C6H6BO2/c1-3-13-31(14-4-1)39-29-35(30-42-38-19-9-12-22-47(38)51-48(39)42)50-44-21-11-8-18-37(44)41-28-33(24-26-46(41)50)32-23-25-45-40(27-32)36-17-7-10-20-43(36)49(45)34-15-5-2-6-16-34;1-2-8-22(9-3-1)32-29-13-7-5-11-24(29)26-19-21(15-17-30(26)32)20-14-16-28-25(18-20)23-10-4-6-12-27(23)31-28;19-13-10-15(12-6-2-1-3-7-12)18-16(11-13)14-8-4-5-9-17(14)20-18;13-7-5-9-8-3-1-2-4-11(8)15-12(9)10(14)6-7;13-8-5-6-12-10(7-8)9-3-1-2-4-11(9)14-12;8-7-9-6-4-2-1-3-5-6/h1-30H;1-19,31H;1-11H;1-6H;1-7H;1-5,8H.